The molecule has 0 radical (unpaired) electrons. The lowest BCUT2D eigenvalue weighted by Gasteiger charge is -2.24. The first-order valence-electron chi connectivity index (χ1n) is 5.81. The molecular formula is C14H17NO3. The summed E-state index contributed by atoms with van der Waals surface area (Å²) in [5.74, 6) is 0.181. The van der Waals surface area contributed by atoms with E-state index in [9.17, 15) is 4.79 Å². The van der Waals surface area contributed by atoms with Crippen LogP contribution in [-0.2, 0) is 16.0 Å². The summed E-state index contributed by atoms with van der Waals surface area (Å²) in [7, 11) is 0. The molecule has 0 saturated heterocycles. The lowest BCUT2D eigenvalue weighted by Crippen LogP contribution is -2.39. The van der Waals surface area contributed by atoms with Crippen molar-refractivity contribution in [2.45, 2.75) is 32.8 Å². The van der Waals surface area contributed by atoms with Crippen molar-refractivity contribution in [1.29, 1.82) is 5.26 Å². The summed E-state index contributed by atoms with van der Waals surface area (Å²) >= 11 is 0. The van der Waals surface area contributed by atoms with Gasteiger partial charge in [0.15, 0.2) is 5.60 Å². The van der Waals surface area contributed by atoms with Gasteiger partial charge in [-0.15, -0.1) is 0 Å². The van der Waals surface area contributed by atoms with Gasteiger partial charge in [-0.05, 0) is 38.5 Å². The highest BCUT2D eigenvalue weighted by Gasteiger charge is 2.31. The van der Waals surface area contributed by atoms with E-state index in [-0.39, 0.29) is 0 Å². The second kappa shape index (κ2) is 6.06. The number of esters is 1. The van der Waals surface area contributed by atoms with Gasteiger partial charge in [0, 0.05) is 0 Å². The molecule has 1 aromatic rings. The fraction of sp³-hybridized carbons (Fsp3) is 0.429. The van der Waals surface area contributed by atoms with E-state index < -0.39 is 11.6 Å². The van der Waals surface area contributed by atoms with E-state index in [0.717, 1.165) is 5.56 Å². The summed E-state index contributed by atoms with van der Waals surface area (Å²) in [5.41, 5.74) is -0.106. The minimum absolute atomic E-state index is 0.326. The molecule has 1 rings (SSSR count). The molecule has 0 heterocycles. The molecule has 0 unspecified atom stereocenters. The van der Waals surface area contributed by atoms with Gasteiger partial charge in [-0.2, -0.15) is 5.26 Å². The Labute approximate surface area is 107 Å². The third kappa shape index (κ3) is 3.77. The van der Waals surface area contributed by atoms with Crippen molar-refractivity contribution in [3.05, 3.63) is 29.8 Å². The lowest BCUT2D eigenvalue weighted by molar-refractivity contribution is -0.158. The summed E-state index contributed by atoms with van der Waals surface area (Å²) in [6, 6.07) is 9.17. The number of carbonyl (C=O) groups is 1. The molecule has 0 saturated carbocycles. The summed E-state index contributed by atoms with van der Waals surface area (Å²) in [6.07, 6.45) is 0.363. The van der Waals surface area contributed by atoms with E-state index >= 15 is 0 Å². The molecule has 96 valence electrons. The van der Waals surface area contributed by atoms with Crippen molar-refractivity contribution < 1.29 is 14.3 Å². The van der Waals surface area contributed by atoms with E-state index in [4.69, 9.17) is 14.7 Å². The monoisotopic (exact) mass is 247 g/mol. The quantitative estimate of drug-likeness (QED) is 0.750. The summed E-state index contributed by atoms with van der Waals surface area (Å²) in [4.78, 5) is 11.6. The van der Waals surface area contributed by atoms with Crippen molar-refractivity contribution in [2.24, 2.45) is 0 Å². The van der Waals surface area contributed by atoms with E-state index in [1.165, 1.54) is 0 Å². The number of carbonyl (C=O) groups excluding carboxylic acids is 1. The number of rotatable bonds is 5. The fourth-order valence-electron chi connectivity index (χ4n) is 1.41. The molecule has 0 bridgehead atoms. The van der Waals surface area contributed by atoms with Crippen LogP contribution < -0.4 is 4.74 Å². The standard InChI is InChI=1S/C14H17NO3/c1-4-17-13(16)14(2,3)18-12-7-5-11(6-8-12)9-10-15/h5-8H,4,9H2,1-3H3. The topological polar surface area (TPSA) is 59.3 Å². The molecule has 0 atom stereocenters. The third-order valence-electron chi connectivity index (χ3n) is 2.35. The first-order chi connectivity index (χ1) is 8.49. The zero-order valence-corrected chi connectivity index (χ0v) is 10.9. The molecule has 0 aliphatic heterocycles. The fourth-order valence-corrected chi connectivity index (χ4v) is 1.41. The summed E-state index contributed by atoms with van der Waals surface area (Å²) in [6.45, 7) is 5.40. The second-order valence-electron chi connectivity index (χ2n) is 4.31. The Morgan fingerprint density at radius 3 is 2.44 bits per heavy atom. The smallest absolute Gasteiger partial charge is 0.349 e. The van der Waals surface area contributed by atoms with Gasteiger partial charge in [-0.1, -0.05) is 12.1 Å². The predicted octanol–water partition coefficient (Wildman–Crippen LogP) is 2.47. The zero-order chi connectivity index (χ0) is 13.6. The summed E-state index contributed by atoms with van der Waals surface area (Å²) in [5, 5.41) is 8.56. The van der Waals surface area contributed by atoms with Crippen LogP contribution in [0.4, 0.5) is 0 Å². The Morgan fingerprint density at radius 2 is 1.94 bits per heavy atom. The van der Waals surface area contributed by atoms with Crippen LogP contribution in [0.15, 0.2) is 24.3 Å². The van der Waals surface area contributed by atoms with Gasteiger partial charge >= 0.3 is 5.97 Å². The number of hydrogen-bond acceptors (Lipinski definition) is 4. The molecule has 0 spiro atoms. The Bertz CT molecular complexity index is 443. The Hall–Kier alpha value is -2.02. The molecule has 4 heteroatoms. The van der Waals surface area contributed by atoms with Crippen molar-refractivity contribution in [3.63, 3.8) is 0 Å². The molecule has 0 aromatic heterocycles. The van der Waals surface area contributed by atoms with E-state index in [1.807, 2.05) is 0 Å². The first kappa shape index (κ1) is 14.0. The van der Waals surface area contributed by atoms with Crippen LogP contribution >= 0.6 is 0 Å². The average Bonchev–Trinajstić information content (AvgIpc) is 2.32. The van der Waals surface area contributed by atoms with Crippen LogP contribution in [0.1, 0.15) is 26.3 Å². The van der Waals surface area contributed by atoms with Gasteiger partial charge in [0.2, 0.25) is 0 Å². The molecule has 0 aliphatic carbocycles. The number of nitriles is 1. The highest BCUT2D eigenvalue weighted by atomic mass is 16.6. The van der Waals surface area contributed by atoms with E-state index in [1.54, 1.807) is 45.0 Å². The zero-order valence-electron chi connectivity index (χ0n) is 10.9. The van der Waals surface area contributed by atoms with Gasteiger partial charge in [0.1, 0.15) is 5.75 Å². The highest BCUT2D eigenvalue weighted by Crippen LogP contribution is 2.20. The minimum atomic E-state index is -1.02. The van der Waals surface area contributed by atoms with Crippen LogP contribution in [0.5, 0.6) is 5.75 Å². The van der Waals surface area contributed by atoms with Gasteiger partial charge in [-0.3, -0.25) is 0 Å². The molecule has 18 heavy (non-hydrogen) atoms. The molecular weight excluding hydrogens is 230 g/mol. The number of hydrogen-bond donors (Lipinski definition) is 0. The van der Waals surface area contributed by atoms with Gasteiger partial charge in [-0.25, -0.2) is 4.79 Å². The van der Waals surface area contributed by atoms with Crippen LogP contribution in [0, 0.1) is 11.3 Å². The Morgan fingerprint density at radius 1 is 1.33 bits per heavy atom. The molecule has 4 nitrogen and oxygen atoms in total. The predicted molar refractivity (Wildman–Crippen MR) is 67.1 cm³/mol. The normalized spacial score (nSPS) is 10.6. The maximum atomic E-state index is 11.6. The molecule has 0 amide bonds. The molecule has 0 N–H and O–H groups in total. The molecule has 0 fully saturated rings. The maximum absolute atomic E-state index is 11.6. The Kier molecular flexibility index (Phi) is 4.73. The van der Waals surface area contributed by atoms with Crippen LogP contribution in [0.3, 0.4) is 0 Å². The molecule has 0 aliphatic rings. The van der Waals surface area contributed by atoms with Crippen LogP contribution in [0.25, 0.3) is 0 Å². The maximum Gasteiger partial charge on any atom is 0.349 e. The third-order valence-corrected chi connectivity index (χ3v) is 2.35. The van der Waals surface area contributed by atoms with Gasteiger partial charge < -0.3 is 9.47 Å². The number of benzene rings is 1. The minimum Gasteiger partial charge on any atom is -0.476 e. The highest BCUT2D eigenvalue weighted by molar-refractivity contribution is 5.79. The number of ether oxygens (including phenoxy) is 2. The van der Waals surface area contributed by atoms with Crippen molar-refractivity contribution in [2.75, 3.05) is 6.61 Å². The Balaban J connectivity index is 2.72. The largest absolute Gasteiger partial charge is 0.476 e. The average molecular weight is 247 g/mol. The SMILES string of the molecule is CCOC(=O)C(C)(C)Oc1ccc(CC#N)cc1. The van der Waals surface area contributed by atoms with Crippen molar-refractivity contribution >= 4 is 5.97 Å². The van der Waals surface area contributed by atoms with Crippen molar-refractivity contribution in [1.82, 2.24) is 0 Å². The first-order valence-corrected chi connectivity index (χ1v) is 5.81. The van der Waals surface area contributed by atoms with Gasteiger partial charge in [0.05, 0.1) is 19.1 Å². The second-order valence-corrected chi connectivity index (χ2v) is 4.31. The van der Waals surface area contributed by atoms with Crippen LogP contribution in [0.2, 0.25) is 0 Å². The lowest BCUT2D eigenvalue weighted by atomic mass is 10.1. The molecule has 1 aromatic carbocycles. The van der Waals surface area contributed by atoms with E-state index in [0.29, 0.717) is 18.8 Å². The summed E-state index contributed by atoms with van der Waals surface area (Å²) < 4.78 is 10.5. The van der Waals surface area contributed by atoms with Gasteiger partial charge in [0.25, 0.3) is 0 Å². The number of nitrogens with zero attached hydrogens (tertiary/aromatic N) is 1. The van der Waals surface area contributed by atoms with E-state index in [2.05, 4.69) is 6.07 Å². The van der Waals surface area contributed by atoms with Crippen LogP contribution in [-0.4, -0.2) is 18.2 Å². The van der Waals surface area contributed by atoms with Crippen molar-refractivity contribution in [3.8, 4) is 11.8 Å².